The van der Waals surface area contributed by atoms with Gasteiger partial charge in [0.1, 0.15) is 116 Å². The predicted molar refractivity (Wildman–Crippen MR) is 283 cm³/mol. The Morgan fingerprint density at radius 1 is 0.553 bits per heavy atom. The standard InChI is InChI=1S/C57H94O28/c1-21(20-75-50-43(70)40(67)36(63)30(16-58)78-50)8-13-57(74)22(2)34-29(85-57)15-28-26-7-6-24-14-25(9-11-55(24,4)27(26)10-12-56(28,34)5)77-53-49(84-51-44(71)39(66)35(62)23(3)76-51)46(73)47(33(19-61)81-53)82-54-48(42(69)38(65)32(18-60)80-54)83-52-45(72)41(68)37(64)31(17-59)79-52/h6,21-23,25-54,58-74H,7-20H2,1-5H3/t21?,22-,23+,25-,26+,27-,28-,29-,30+,31+,32+,33+,34-,35+,36+,37+,38+,39-,40-,41-,42-,43+,44-,45+,46-,47+,48+,49+,50+,51-,52-,53+,54-,55-,56-,57?/m0/s1. The van der Waals surface area contributed by atoms with Crippen LogP contribution in [0.4, 0.5) is 0 Å². The zero-order valence-corrected chi connectivity index (χ0v) is 48.6. The summed E-state index contributed by atoms with van der Waals surface area (Å²) in [7, 11) is 0. The van der Waals surface area contributed by atoms with Crippen LogP contribution in [0, 0.1) is 46.3 Å². The number of aliphatic hydroxyl groups is 17. The van der Waals surface area contributed by atoms with Crippen LogP contribution in [0.25, 0.3) is 0 Å². The number of aliphatic hydroxyl groups excluding tert-OH is 16. The van der Waals surface area contributed by atoms with Crippen LogP contribution in [0.15, 0.2) is 11.6 Å². The third kappa shape index (κ3) is 12.2. The molecule has 85 heavy (non-hydrogen) atoms. The van der Waals surface area contributed by atoms with Gasteiger partial charge < -0.3 is 139 Å². The summed E-state index contributed by atoms with van der Waals surface area (Å²) >= 11 is 0. The van der Waals surface area contributed by atoms with E-state index in [0.29, 0.717) is 49.9 Å². The lowest BCUT2D eigenvalue weighted by atomic mass is 9.47. The molecule has 4 aliphatic carbocycles. The maximum Gasteiger partial charge on any atom is 0.187 e. The Hall–Kier alpha value is -1.38. The third-order valence-electron chi connectivity index (χ3n) is 21.6. The van der Waals surface area contributed by atoms with E-state index in [1.165, 1.54) is 12.5 Å². The molecule has 0 aromatic carbocycles. The first-order valence-electron chi connectivity index (χ1n) is 30.4. The summed E-state index contributed by atoms with van der Waals surface area (Å²) in [5.74, 6) is -0.578. The molecule has 2 unspecified atom stereocenters. The van der Waals surface area contributed by atoms with Crippen molar-refractivity contribution < 1.29 is 139 Å². The molecule has 3 saturated carbocycles. The second-order valence-electron chi connectivity index (χ2n) is 26.6. The number of rotatable bonds is 18. The molecule has 6 saturated heterocycles. The average molecular weight is 1230 g/mol. The maximum absolute atomic E-state index is 12.4. The van der Waals surface area contributed by atoms with Crippen LogP contribution in [0.1, 0.15) is 92.4 Å². The van der Waals surface area contributed by atoms with E-state index >= 15 is 0 Å². The number of ether oxygens (including phenoxy) is 11. The summed E-state index contributed by atoms with van der Waals surface area (Å²) in [5, 5.41) is 182. The van der Waals surface area contributed by atoms with Crippen molar-refractivity contribution in [1.82, 2.24) is 0 Å². The van der Waals surface area contributed by atoms with Crippen LogP contribution >= 0.6 is 0 Å². The Bertz CT molecular complexity index is 2240. The van der Waals surface area contributed by atoms with E-state index < -0.39 is 192 Å². The summed E-state index contributed by atoms with van der Waals surface area (Å²) in [6.07, 6.45) is -33.6. The van der Waals surface area contributed by atoms with Gasteiger partial charge in [0.05, 0.1) is 51.3 Å². The van der Waals surface area contributed by atoms with Gasteiger partial charge in [0.25, 0.3) is 0 Å². The van der Waals surface area contributed by atoms with E-state index in [0.717, 1.165) is 25.7 Å². The van der Waals surface area contributed by atoms with Gasteiger partial charge in [0, 0.05) is 12.3 Å². The minimum Gasteiger partial charge on any atom is -0.394 e. The molecule has 10 aliphatic rings. The van der Waals surface area contributed by atoms with Crippen molar-refractivity contribution >= 4 is 0 Å². The summed E-state index contributed by atoms with van der Waals surface area (Å²) in [6, 6.07) is 0. The lowest BCUT2D eigenvalue weighted by Gasteiger charge is -2.58. The highest BCUT2D eigenvalue weighted by Crippen LogP contribution is 2.70. The Morgan fingerprint density at radius 2 is 1.07 bits per heavy atom. The number of hydrogen-bond donors (Lipinski definition) is 17. The first-order valence-corrected chi connectivity index (χ1v) is 30.4. The molecule has 6 heterocycles. The first kappa shape index (κ1) is 66.5. The molecule has 28 heteroatoms. The lowest BCUT2D eigenvalue weighted by molar-refractivity contribution is -0.401. The summed E-state index contributed by atoms with van der Waals surface area (Å²) in [6.45, 7) is 7.14. The van der Waals surface area contributed by atoms with Crippen LogP contribution in [0.3, 0.4) is 0 Å². The van der Waals surface area contributed by atoms with Crippen LogP contribution in [0.2, 0.25) is 0 Å². The van der Waals surface area contributed by atoms with Crippen molar-refractivity contribution in [2.45, 2.75) is 264 Å². The fourth-order valence-corrected chi connectivity index (χ4v) is 16.5. The van der Waals surface area contributed by atoms with Crippen molar-refractivity contribution in [3.8, 4) is 0 Å². The van der Waals surface area contributed by atoms with Crippen molar-refractivity contribution in [3.63, 3.8) is 0 Å². The van der Waals surface area contributed by atoms with E-state index in [1.807, 2.05) is 6.92 Å². The van der Waals surface area contributed by atoms with E-state index in [1.54, 1.807) is 0 Å². The smallest absolute Gasteiger partial charge is 0.187 e. The van der Waals surface area contributed by atoms with Crippen molar-refractivity contribution in [3.05, 3.63) is 11.6 Å². The molecular weight excluding hydrogens is 1130 g/mol. The number of hydrogen-bond acceptors (Lipinski definition) is 28. The quantitative estimate of drug-likeness (QED) is 0.0571. The largest absolute Gasteiger partial charge is 0.394 e. The van der Waals surface area contributed by atoms with Gasteiger partial charge in [-0.1, -0.05) is 39.3 Å². The lowest BCUT2D eigenvalue weighted by Crippen LogP contribution is -2.68. The fourth-order valence-electron chi connectivity index (χ4n) is 16.5. The summed E-state index contributed by atoms with van der Waals surface area (Å²) in [4.78, 5) is 0. The van der Waals surface area contributed by atoms with Gasteiger partial charge in [-0.3, -0.25) is 0 Å². The highest BCUT2D eigenvalue weighted by Gasteiger charge is 2.68. The molecule has 0 aromatic heterocycles. The Labute approximate surface area is 492 Å². The normalized spacial score (nSPS) is 54.8. The highest BCUT2D eigenvalue weighted by atomic mass is 16.8. The number of allylic oxidation sites excluding steroid dienone is 1. The minimum atomic E-state index is -1.99. The molecule has 0 amide bonds. The molecular formula is C57H94O28. The summed E-state index contributed by atoms with van der Waals surface area (Å²) < 4.78 is 66.7. The molecule has 36 atom stereocenters. The van der Waals surface area contributed by atoms with Crippen molar-refractivity contribution in [2.24, 2.45) is 46.3 Å². The summed E-state index contributed by atoms with van der Waals surface area (Å²) in [5.41, 5.74) is 0.865. The van der Waals surface area contributed by atoms with Gasteiger partial charge in [0.2, 0.25) is 0 Å². The second kappa shape index (κ2) is 26.3. The van der Waals surface area contributed by atoms with E-state index in [4.69, 9.17) is 52.1 Å². The average Bonchev–Trinajstić information content (AvgIpc) is 1.73. The molecule has 0 bridgehead atoms. The van der Waals surface area contributed by atoms with Crippen molar-refractivity contribution in [1.29, 1.82) is 0 Å². The third-order valence-corrected chi connectivity index (χ3v) is 21.6. The first-order chi connectivity index (χ1) is 40.2. The predicted octanol–water partition coefficient (Wildman–Crippen LogP) is -5.18. The van der Waals surface area contributed by atoms with E-state index in [9.17, 15) is 86.8 Å². The SMILES string of the molecule is CC(CCC1(O)O[C@H]2C[C@H]3[C@@H]4CC=C5C[C@@H](O[C@@H]6O[C@H](CO)[C@@H](O[C@@H]7O[C@H](CO)[C@@H](O)[C@H](O)[C@H]7O[C@@H]7O[C@H](CO)[C@@H](O)[C@H](O)[C@H]7O)[C@H](O)[C@H]6O[C@@H]6O[C@H](C)[C@@H](O)[C@H](O)[C@@H]6O)CC[C@]5(C)[C@H]4CC[C@]3(C)[C@H]2[C@@H]1C)CO[C@@H]1O[C@H](CO)[C@@H](O)[C@H](O)[C@H]1O. The fraction of sp³-hybridized carbons (Fsp3) is 0.965. The molecule has 0 aromatic rings. The second-order valence-corrected chi connectivity index (χ2v) is 26.6. The maximum atomic E-state index is 12.4. The molecule has 10 rings (SSSR count). The molecule has 17 N–H and O–H groups in total. The minimum absolute atomic E-state index is 0.107. The molecule has 9 fully saturated rings. The van der Waals surface area contributed by atoms with Crippen molar-refractivity contribution in [2.75, 3.05) is 33.0 Å². The number of fused-ring (bicyclic) bond motifs is 7. The zero-order chi connectivity index (χ0) is 61.5. The van der Waals surface area contributed by atoms with Gasteiger partial charge in [-0.15, -0.1) is 0 Å². The van der Waals surface area contributed by atoms with Gasteiger partial charge in [-0.05, 0) is 98.7 Å². The zero-order valence-electron chi connectivity index (χ0n) is 48.6. The Balaban J connectivity index is 0.814. The topological polar surface area (TPSA) is 445 Å². The van der Waals surface area contributed by atoms with Gasteiger partial charge >= 0.3 is 0 Å². The highest BCUT2D eigenvalue weighted by molar-refractivity contribution is 5.26. The van der Waals surface area contributed by atoms with Crippen LogP contribution < -0.4 is 0 Å². The van der Waals surface area contributed by atoms with Gasteiger partial charge in [0.15, 0.2) is 37.2 Å². The van der Waals surface area contributed by atoms with Crippen LogP contribution in [0.5, 0.6) is 0 Å². The molecule has 28 nitrogen and oxygen atoms in total. The van der Waals surface area contributed by atoms with Gasteiger partial charge in [-0.2, -0.15) is 0 Å². The Morgan fingerprint density at radius 3 is 1.69 bits per heavy atom. The van der Waals surface area contributed by atoms with Crippen LogP contribution in [-0.2, 0) is 52.1 Å². The molecule has 0 radical (unpaired) electrons. The molecule has 6 aliphatic heterocycles. The van der Waals surface area contributed by atoms with E-state index in [-0.39, 0.29) is 41.3 Å². The van der Waals surface area contributed by atoms with Crippen LogP contribution in [-0.4, -0.2) is 291 Å². The molecule has 490 valence electrons. The van der Waals surface area contributed by atoms with E-state index in [2.05, 4.69) is 26.8 Å². The Kier molecular flexibility index (Phi) is 20.6. The van der Waals surface area contributed by atoms with Gasteiger partial charge in [-0.25, -0.2) is 0 Å². The molecule has 0 spiro atoms. The monoisotopic (exact) mass is 1230 g/mol.